The number of hydrogen-bond acceptors (Lipinski definition) is 14. The number of esters is 1. The number of ether oxygens (including phenoxy) is 2. The number of aromatic nitrogens is 4. The van der Waals surface area contributed by atoms with Crippen molar-refractivity contribution < 1.29 is 55.4 Å². The number of halogens is 1. The molecule has 3 heterocycles. The predicted molar refractivity (Wildman–Crippen MR) is 169 cm³/mol. The number of carbonyl (C=O) groups is 1. The van der Waals surface area contributed by atoms with Crippen LogP contribution in [0.2, 0.25) is 5.28 Å². The minimum absolute atomic E-state index is 0.0713. The van der Waals surface area contributed by atoms with Gasteiger partial charge in [-0.25, -0.2) is 18.7 Å². The Morgan fingerprint density at radius 3 is 2.46 bits per heavy atom. The largest absolute Gasteiger partial charge is 0.490 e. The van der Waals surface area contributed by atoms with Crippen LogP contribution in [0.4, 0.5) is 5.82 Å². The van der Waals surface area contributed by atoms with Crippen molar-refractivity contribution in [2.24, 2.45) is 0 Å². The normalized spacial score (nSPS) is 20.8. The summed E-state index contributed by atoms with van der Waals surface area (Å²) in [5, 5.41) is 2.10. The Hall–Kier alpha value is -3.24. The van der Waals surface area contributed by atoms with E-state index in [0.717, 1.165) is 0 Å². The van der Waals surface area contributed by atoms with Crippen molar-refractivity contribution in [2.45, 2.75) is 44.7 Å². The molecule has 1 fully saturated rings. The van der Waals surface area contributed by atoms with Gasteiger partial charge in [0.1, 0.15) is 30.1 Å². The summed E-state index contributed by atoms with van der Waals surface area (Å²) in [5.41, 5.74) is 7.12. The standard InChI is InChI=1S/C26H30ClN6O12P3/c1-17(25(34)40-14-18-8-4-2-5-9-18)32-46(35,43-19-10-6-3-7-11-19)44-48(38,39)45-47(36,37)41-15-20-12-13-21(42-20)33-16-29-22-23(28)30-26(27)31-24(22)33/h2-11,16-17,20-21H,12-15H2,1H3,(H,32,35)(H,36,37)(H,38,39)(H2,28,30,31)/t17-,20-,21+,46?/m0/s1. The zero-order valence-electron chi connectivity index (χ0n) is 25.0. The fourth-order valence-corrected chi connectivity index (χ4v) is 9.03. The number of nitrogens with zero attached hydrogens (tertiary/aromatic N) is 4. The highest BCUT2D eigenvalue weighted by Gasteiger charge is 2.45. The van der Waals surface area contributed by atoms with Gasteiger partial charge in [0.05, 0.1) is 19.0 Å². The summed E-state index contributed by atoms with van der Waals surface area (Å²) < 4.78 is 71.3. The van der Waals surface area contributed by atoms with Crippen LogP contribution in [0.25, 0.3) is 11.2 Å². The first-order chi connectivity index (χ1) is 22.7. The third-order valence-corrected chi connectivity index (χ3v) is 11.7. The molecule has 6 atom stereocenters. The molecular formula is C26H30ClN6O12P3. The highest BCUT2D eigenvalue weighted by Crippen LogP contribution is 2.67. The number of nitrogens with one attached hydrogen (secondary N) is 1. The Morgan fingerprint density at radius 2 is 1.75 bits per heavy atom. The van der Waals surface area contributed by atoms with Gasteiger partial charge in [0.2, 0.25) is 5.28 Å². The first-order valence-electron chi connectivity index (χ1n) is 14.1. The first kappa shape index (κ1) is 36.1. The molecule has 3 unspecified atom stereocenters. The molecule has 5 rings (SSSR count). The Balaban J connectivity index is 1.20. The zero-order chi connectivity index (χ0) is 34.5. The molecule has 1 saturated heterocycles. The number of rotatable bonds is 15. The van der Waals surface area contributed by atoms with E-state index in [1.807, 2.05) is 0 Å². The number of phosphoric acid groups is 2. The van der Waals surface area contributed by atoms with E-state index in [4.69, 9.17) is 40.2 Å². The van der Waals surface area contributed by atoms with Gasteiger partial charge in [0.15, 0.2) is 11.5 Å². The number of anilines is 1. The fraction of sp³-hybridized carbons (Fsp3) is 0.308. The van der Waals surface area contributed by atoms with E-state index in [1.165, 1.54) is 37.5 Å². The first-order valence-corrected chi connectivity index (χ1v) is 19.0. The van der Waals surface area contributed by atoms with Crippen molar-refractivity contribution in [3.8, 4) is 5.75 Å². The van der Waals surface area contributed by atoms with Crippen molar-refractivity contribution >= 4 is 57.9 Å². The van der Waals surface area contributed by atoms with Crippen LogP contribution >= 0.6 is 35.0 Å². The molecule has 22 heteroatoms. The van der Waals surface area contributed by atoms with Gasteiger partial charge in [-0.05, 0) is 49.1 Å². The maximum Gasteiger partial charge on any atom is 0.490 e. The monoisotopic (exact) mass is 746 g/mol. The van der Waals surface area contributed by atoms with Crippen LogP contribution in [0.5, 0.6) is 5.75 Å². The van der Waals surface area contributed by atoms with E-state index in [1.54, 1.807) is 41.0 Å². The highest BCUT2D eigenvalue weighted by atomic mass is 35.5. The second-order valence-electron chi connectivity index (χ2n) is 10.2. The Kier molecular flexibility index (Phi) is 11.4. The number of benzene rings is 2. The van der Waals surface area contributed by atoms with Crippen molar-refractivity contribution in [1.29, 1.82) is 0 Å². The number of hydrogen-bond donors (Lipinski definition) is 4. The van der Waals surface area contributed by atoms with Crippen LogP contribution in [-0.4, -0.2) is 54.0 Å². The average Bonchev–Trinajstić information content (AvgIpc) is 3.66. The van der Waals surface area contributed by atoms with Crippen molar-refractivity contribution in [2.75, 3.05) is 12.3 Å². The molecule has 1 aliphatic heterocycles. The number of nitrogens with two attached hydrogens (primary N) is 1. The van der Waals surface area contributed by atoms with Gasteiger partial charge in [-0.3, -0.25) is 13.9 Å². The second kappa shape index (κ2) is 15.1. The Bertz CT molecular complexity index is 1890. The van der Waals surface area contributed by atoms with E-state index in [0.29, 0.717) is 29.6 Å². The third kappa shape index (κ3) is 9.68. The van der Waals surface area contributed by atoms with Gasteiger partial charge in [-0.15, -0.1) is 0 Å². The molecule has 0 bridgehead atoms. The van der Waals surface area contributed by atoms with Gasteiger partial charge in [-0.2, -0.15) is 23.7 Å². The summed E-state index contributed by atoms with van der Waals surface area (Å²) in [6, 6.07) is 14.6. The van der Waals surface area contributed by atoms with Crippen LogP contribution < -0.4 is 15.3 Å². The summed E-state index contributed by atoms with van der Waals surface area (Å²) >= 11 is 5.91. The van der Waals surface area contributed by atoms with Gasteiger partial charge in [-0.1, -0.05) is 48.5 Å². The van der Waals surface area contributed by atoms with E-state index in [9.17, 15) is 28.3 Å². The summed E-state index contributed by atoms with van der Waals surface area (Å²) in [7, 11) is -16.1. The second-order valence-corrected chi connectivity index (χ2v) is 15.4. The average molecular weight is 747 g/mol. The quantitative estimate of drug-likeness (QED) is 0.0717. The molecule has 5 N–H and O–H groups in total. The maximum absolute atomic E-state index is 13.7. The Labute approximate surface area is 278 Å². The molecule has 0 radical (unpaired) electrons. The van der Waals surface area contributed by atoms with Crippen LogP contribution in [0, 0.1) is 0 Å². The molecule has 4 aromatic rings. The van der Waals surface area contributed by atoms with E-state index < -0.39 is 54.3 Å². The van der Waals surface area contributed by atoms with Crippen molar-refractivity contribution in [3.05, 3.63) is 77.8 Å². The maximum atomic E-state index is 13.7. The lowest BCUT2D eigenvalue weighted by atomic mass is 10.2. The van der Waals surface area contributed by atoms with Crippen molar-refractivity contribution in [1.82, 2.24) is 24.6 Å². The fourth-order valence-electron chi connectivity index (χ4n) is 4.45. The van der Waals surface area contributed by atoms with Gasteiger partial charge < -0.3 is 29.5 Å². The minimum atomic E-state index is -5.70. The lowest BCUT2D eigenvalue weighted by molar-refractivity contribution is -0.146. The molecule has 1 aliphatic rings. The van der Waals surface area contributed by atoms with Gasteiger partial charge in [0, 0.05) is 0 Å². The van der Waals surface area contributed by atoms with Gasteiger partial charge >= 0.3 is 29.4 Å². The topological polar surface area (TPSA) is 246 Å². The lowest BCUT2D eigenvalue weighted by Gasteiger charge is -2.24. The SMILES string of the molecule is C[C@H](NP(=O)(Oc1ccccc1)OP(=O)(O)OP(=O)(O)OC[C@@H]1CC[C@H](n2cnc3c(N)nc(Cl)nc32)O1)C(=O)OCc1ccccc1. The predicted octanol–water partition coefficient (Wildman–Crippen LogP) is 4.90. The molecule has 2 aromatic heterocycles. The molecular weight excluding hydrogens is 717 g/mol. The molecule has 258 valence electrons. The number of fused-ring (bicyclic) bond motifs is 1. The number of imidazole rings is 1. The Morgan fingerprint density at radius 1 is 1.06 bits per heavy atom. The molecule has 0 aliphatic carbocycles. The van der Waals surface area contributed by atoms with Crippen LogP contribution in [0.1, 0.15) is 31.6 Å². The summed E-state index contributed by atoms with van der Waals surface area (Å²) in [6.45, 7) is 0.555. The van der Waals surface area contributed by atoms with Crippen LogP contribution in [-0.2, 0) is 47.7 Å². The molecule has 0 spiro atoms. The van der Waals surface area contributed by atoms with Crippen LogP contribution in [0.15, 0.2) is 67.0 Å². The molecule has 0 amide bonds. The summed E-state index contributed by atoms with van der Waals surface area (Å²) in [4.78, 5) is 45.4. The van der Waals surface area contributed by atoms with E-state index >= 15 is 0 Å². The molecule has 18 nitrogen and oxygen atoms in total. The van der Waals surface area contributed by atoms with Crippen LogP contribution in [0.3, 0.4) is 0 Å². The molecule has 0 saturated carbocycles. The summed E-state index contributed by atoms with van der Waals surface area (Å²) in [5.74, 6) is -0.944. The summed E-state index contributed by atoms with van der Waals surface area (Å²) in [6.07, 6.45) is 0.744. The van der Waals surface area contributed by atoms with Crippen molar-refractivity contribution in [3.63, 3.8) is 0 Å². The number of nitrogen functional groups attached to an aromatic ring is 1. The minimum Gasteiger partial charge on any atom is -0.460 e. The van der Waals surface area contributed by atoms with E-state index in [-0.39, 0.29) is 23.5 Å². The number of carbonyl (C=O) groups excluding carboxylic acids is 1. The number of phosphoric ester groups is 1. The zero-order valence-corrected chi connectivity index (χ0v) is 28.4. The number of para-hydroxylation sites is 1. The smallest absolute Gasteiger partial charge is 0.460 e. The molecule has 2 aromatic carbocycles. The highest BCUT2D eigenvalue weighted by molar-refractivity contribution is 7.68. The van der Waals surface area contributed by atoms with E-state index in [2.05, 4.69) is 24.3 Å². The van der Waals surface area contributed by atoms with Gasteiger partial charge in [0.25, 0.3) is 0 Å². The third-order valence-electron chi connectivity index (χ3n) is 6.56. The molecule has 48 heavy (non-hydrogen) atoms. The lowest BCUT2D eigenvalue weighted by Crippen LogP contribution is -2.34.